The van der Waals surface area contributed by atoms with Crippen molar-refractivity contribution < 1.29 is 9.84 Å². The Kier molecular flexibility index (Phi) is 2.22. The Morgan fingerprint density at radius 2 is 1.82 bits per heavy atom. The molecule has 84 valence electrons. The van der Waals surface area contributed by atoms with Gasteiger partial charge in [-0.05, 0) is 18.2 Å². The molecule has 0 saturated carbocycles. The maximum absolute atomic E-state index is 8.65. The maximum Gasteiger partial charge on any atom is 0.136 e. The number of para-hydroxylation sites is 1. The number of aromatic nitrogens is 1. The summed E-state index contributed by atoms with van der Waals surface area (Å²) in [4.78, 5) is 3.33. The minimum Gasteiger partial charge on any atom is -0.512 e. The van der Waals surface area contributed by atoms with Crippen LogP contribution in [0.15, 0.2) is 55.0 Å². The highest BCUT2D eigenvalue weighted by Crippen LogP contribution is 2.32. The lowest BCUT2D eigenvalue weighted by atomic mass is 10.1. The second-order valence-corrected chi connectivity index (χ2v) is 3.75. The molecule has 3 heteroatoms. The molecule has 0 spiro atoms. The van der Waals surface area contributed by atoms with Gasteiger partial charge in [-0.25, -0.2) is 0 Å². The average molecular weight is 225 g/mol. The Hall–Kier alpha value is -2.42. The quantitative estimate of drug-likeness (QED) is 0.653. The van der Waals surface area contributed by atoms with Gasteiger partial charge in [0.15, 0.2) is 0 Å². The van der Waals surface area contributed by atoms with Gasteiger partial charge in [0, 0.05) is 16.3 Å². The van der Waals surface area contributed by atoms with Crippen molar-refractivity contribution in [2.24, 2.45) is 0 Å². The normalized spacial score (nSPS) is 11.5. The number of aliphatic hydroxyl groups is 1. The minimum atomic E-state index is 0.727. The van der Waals surface area contributed by atoms with Crippen LogP contribution < -0.4 is 4.74 Å². The predicted molar refractivity (Wildman–Crippen MR) is 68.2 cm³/mol. The summed E-state index contributed by atoms with van der Waals surface area (Å²) in [5.41, 5.74) is 2.10. The lowest BCUT2D eigenvalue weighted by molar-refractivity contribution is 0.417. The molecule has 3 rings (SSSR count). The van der Waals surface area contributed by atoms with Gasteiger partial charge >= 0.3 is 0 Å². The highest BCUT2D eigenvalue weighted by Gasteiger charge is 2.08. The first-order valence-corrected chi connectivity index (χ1v) is 5.35. The van der Waals surface area contributed by atoms with Crippen molar-refractivity contribution in [3.63, 3.8) is 0 Å². The highest BCUT2D eigenvalue weighted by molar-refractivity contribution is 6.10. The van der Waals surface area contributed by atoms with Crippen LogP contribution in [0.5, 0.6) is 5.75 Å². The van der Waals surface area contributed by atoms with Crippen LogP contribution in [0.4, 0.5) is 0 Å². The second-order valence-electron chi connectivity index (χ2n) is 3.75. The number of rotatable bonds is 2. The molecule has 0 saturated heterocycles. The van der Waals surface area contributed by atoms with Gasteiger partial charge in [-0.2, -0.15) is 0 Å². The molecule has 0 atom stereocenters. The van der Waals surface area contributed by atoms with E-state index in [1.165, 1.54) is 6.26 Å². The van der Waals surface area contributed by atoms with Crippen molar-refractivity contribution in [3.05, 3.63) is 55.0 Å². The van der Waals surface area contributed by atoms with E-state index in [0.29, 0.717) is 0 Å². The number of hydrogen-bond donors (Lipinski definition) is 2. The number of fused-ring (bicyclic) bond motifs is 3. The van der Waals surface area contributed by atoms with Gasteiger partial charge in [0.1, 0.15) is 18.3 Å². The molecule has 0 radical (unpaired) electrons. The first kappa shape index (κ1) is 9.78. The van der Waals surface area contributed by atoms with Crippen molar-refractivity contribution in [2.75, 3.05) is 0 Å². The Labute approximate surface area is 98.0 Å². The first-order chi connectivity index (χ1) is 8.40. The van der Waals surface area contributed by atoms with E-state index in [4.69, 9.17) is 9.84 Å². The van der Waals surface area contributed by atoms with E-state index in [1.54, 1.807) is 0 Å². The molecule has 1 heterocycles. The van der Waals surface area contributed by atoms with Crippen LogP contribution in [0.3, 0.4) is 0 Å². The zero-order valence-electron chi connectivity index (χ0n) is 9.05. The number of aromatic amines is 1. The maximum atomic E-state index is 8.65. The Balaban J connectivity index is 2.35. The van der Waals surface area contributed by atoms with Gasteiger partial charge < -0.3 is 14.8 Å². The topological polar surface area (TPSA) is 45.2 Å². The fourth-order valence-electron chi connectivity index (χ4n) is 2.07. The molecule has 0 unspecified atom stereocenters. The summed E-state index contributed by atoms with van der Waals surface area (Å²) in [6.45, 7) is 0. The summed E-state index contributed by atoms with van der Waals surface area (Å²) < 4.78 is 5.38. The summed E-state index contributed by atoms with van der Waals surface area (Å²) in [7, 11) is 0. The molecule has 0 bridgehead atoms. The standard InChI is InChI=1S/C14H11NO2/c16-8-9-17-13-7-3-6-12-14(13)10-4-1-2-5-11(10)15-12/h1-9,15-16H. The van der Waals surface area contributed by atoms with Crippen LogP contribution in [0.1, 0.15) is 0 Å². The van der Waals surface area contributed by atoms with Gasteiger partial charge in [0.25, 0.3) is 0 Å². The monoisotopic (exact) mass is 225 g/mol. The Bertz CT molecular complexity index is 698. The number of nitrogens with one attached hydrogen (secondary N) is 1. The van der Waals surface area contributed by atoms with E-state index in [-0.39, 0.29) is 0 Å². The molecule has 3 aromatic rings. The molecule has 17 heavy (non-hydrogen) atoms. The summed E-state index contributed by atoms with van der Waals surface area (Å²) in [5, 5.41) is 10.8. The largest absolute Gasteiger partial charge is 0.512 e. The fourth-order valence-corrected chi connectivity index (χ4v) is 2.07. The molecule has 1 aromatic heterocycles. The first-order valence-electron chi connectivity index (χ1n) is 5.35. The number of ether oxygens (including phenoxy) is 1. The van der Waals surface area contributed by atoms with Gasteiger partial charge in [0.05, 0.1) is 5.52 Å². The molecular formula is C14H11NO2. The molecule has 2 N–H and O–H groups in total. The van der Waals surface area contributed by atoms with Crippen LogP contribution in [0.25, 0.3) is 21.8 Å². The summed E-state index contributed by atoms with van der Waals surface area (Å²) >= 11 is 0. The van der Waals surface area contributed by atoms with Crippen LogP contribution >= 0.6 is 0 Å². The third kappa shape index (κ3) is 1.52. The average Bonchev–Trinajstić information content (AvgIpc) is 2.75. The molecule has 3 nitrogen and oxygen atoms in total. The molecule has 0 aliphatic carbocycles. The summed E-state index contributed by atoms with van der Waals surface area (Å²) in [5.74, 6) is 0.727. The fraction of sp³-hybridized carbons (Fsp3) is 0. The van der Waals surface area contributed by atoms with Crippen molar-refractivity contribution in [1.82, 2.24) is 4.98 Å². The highest BCUT2D eigenvalue weighted by atomic mass is 16.5. The molecular weight excluding hydrogens is 214 g/mol. The van der Waals surface area contributed by atoms with Crippen molar-refractivity contribution in [2.45, 2.75) is 0 Å². The van der Waals surface area contributed by atoms with E-state index in [1.807, 2.05) is 42.5 Å². The molecule has 0 fully saturated rings. The smallest absolute Gasteiger partial charge is 0.136 e. The van der Waals surface area contributed by atoms with Crippen molar-refractivity contribution >= 4 is 21.8 Å². The van der Waals surface area contributed by atoms with Crippen LogP contribution in [0.2, 0.25) is 0 Å². The van der Waals surface area contributed by atoms with Gasteiger partial charge in [-0.3, -0.25) is 0 Å². The van der Waals surface area contributed by atoms with Crippen molar-refractivity contribution in [3.8, 4) is 5.75 Å². The molecule has 2 aromatic carbocycles. The van der Waals surface area contributed by atoms with E-state index in [9.17, 15) is 0 Å². The van der Waals surface area contributed by atoms with Gasteiger partial charge in [-0.15, -0.1) is 0 Å². The summed E-state index contributed by atoms with van der Waals surface area (Å²) in [6, 6.07) is 13.9. The number of H-pyrrole nitrogens is 1. The molecule has 0 amide bonds. The number of benzene rings is 2. The lowest BCUT2D eigenvalue weighted by Gasteiger charge is -2.01. The van der Waals surface area contributed by atoms with Crippen LogP contribution in [0, 0.1) is 0 Å². The van der Waals surface area contributed by atoms with E-state index >= 15 is 0 Å². The van der Waals surface area contributed by atoms with E-state index in [2.05, 4.69) is 4.98 Å². The zero-order chi connectivity index (χ0) is 11.7. The SMILES string of the molecule is OC=COc1cccc2[nH]c3ccccc3c12. The van der Waals surface area contributed by atoms with Gasteiger partial charge in [0.2, 0.25) is 0 Å². The van der Waals surface area contributed by atoms with E-state index in [0.717, 1.165) is 33.8 Å². The van der Waals surface area contributed by atoms with Crippen LogP contribution in [-0.4, -0.2) is 10.1 Å². The third-order valence-corrected chi connectivity index (χ3v) is 2.75. The summed E-state index contributed by atoms with van der Waals surface area (Å²) in [6.07, 6.45) is 2.14. The van der Waals surface area contributed by atoms with E-state index < -0.39 is 0 Å². The minimum absolute atomic E-state index is 0.727. The Morgan fingerprint density at radius 3 is 2.71 bits per heavy atom. The number of hydrogen-bond acceptors (Lipinski definition) is 2. The molecule has 0 aliphatic rings. The number of aliphatic hydroxyl groups excluding tert-OH is 1. The van der Waals surface area contributed by atoms with Gasteiger partial charge in [-0.1, -0.05) is 24.3 Å². The molecule has 0 aliphatic heterocycles. The second kappa shape index (κ2) is 3.87. The zero-order valence-corrected chi connectivity index (χ0v) is 9.05. The van der Waals surface area contributed by atoms with Crippen molar-refractivity contribution in [1.29, 1.82) is 0 Å². The third-order valence-electron chi connectivity index (χ3n) is 2.75. The predicted octanol–water partition coefficient (Wildman–Crippen LogP) is 3.73. The Morgan fingerprint density at radius 1 is 1.00 bits per heavy atom. The van der Waals surface area contributed by atoms with Crippen LogP contribution in [-0.2, 0) is 0 Å². The lowest BCUT2D eigenvalue weighted by Crippen LogP contribution is -1.82.